The lowest BCUT2D eigenvalue weighted by Gasteiger charge is -2.39. The number of hydrogen-bond donors (Lipinski definition) is 3. The topological polar surface area (TPSA) is 73.0 Å². The number of nitrogens with zero attached hydrogens (tertiary/aromatic N) is 2. The molecule has 1 aliphatic rings. The first-order chi connectivity index (χ1) is 8.60. The molecule has 1 heterocycles. The first-order valence-electron chi connectivity index (χ1n) is 6.23. The van der Waals surface area contributed by atoms with Crippen molar-refractivity contribution in [2.24, 2.45) is 5.73 Å². The molecule has 1 fully saturated rings. The Bertz CT molecular complexity index is 411. The Labute approximate surface area is 107 Å². The van der Waals surface area contributed by atoms with Gasteiger partial charge in [-0.1, -0.05) is 6.07 Å². The van der Waals surface area contributed by atoms with E-state index in [9.17, 15) is 10.2 Å². The molecule has 1 aliphatic heterocycles. The average Bonchev–Trinajstić information content (AvgIpc) is 2.36. The Morgan fingerprint density at radius 3 is 2.72 bits per heavy atom. The molecule has 0 amide bonds. The van der Waals surface area contributed by atoms with Gasteiger partial charge in [0.1, 0.15) is 0 Å². The maximum absolute atomic E-state index is 9.49. The molecular formula is C13H21N3O2. The lowest BCUT2D eigenvalue weighted by Crippen LogP contribution is -2.54. The second kappa shape index (κ2) is 5.56. The minimum atomic E-state index is -0.0764. The number of piperazine rings is 1. The van der Waals surface area contributed by atoms with Crippen LogP contribution >= 0.6 is 0 Å². The van der Waals surface area contributed by atoms with Gasteiger partial charge >= 0.3 is 0 Å². The van der Waals surface area contributed by atoms with Crippen molar-refractivity contribution in [1.82, 2.24) is 9.80 Å². The molecule has 0 aromatic heterocycles. The summed E-state index contributed by atoms with van der Waals surface area (Å²) in [5.41, 5.74) is 6.80. The summed E-state index contributed by atoms with van der Waals surface area (Å²) in [6.45, 7) is 4.36. The monoisotopic (exact) mass is 251 g/mol. The number of aromatic hydroxyl groups is 2. The van der Waals surface area contributed by atoms with E-state index in [2.05, 4.69) is 16.8 Å². The average molecular weight is 251 g/mol. The first kappa shape index (κ1) is 13.1. The van der Waals surface area contributed by atoms with Crippen molar-refractivity contribution in [2.75, 3.05) is 33.2 Å². The zero-order valence-corrected chi connectivity index (χ0v) is 10.7. The van der Waals surface area contributed by atoms with Crippen molar-refractivity contribution in [3.8, 4) is 11.5 Å². The van der Waals surface area contributed by atoms with Crippen LogP contribution in [-0.4, -0.2) is 59.3 Å². The van der Waals surface area contributed by atoms with Gasteiger partial charge in [-0.25, -0.2) is 0 Å². The number of phenolic OH excluding ortho intramolecular Hbond substituents is 2. The summed E-state index contributed by atoms with van der Waals surface area (Å²) in [5, 5.41) is 18.8. The highest BCUT2D eigenvalue weighted by Crippen LogP contribution is 2.26. The van der Waals surface area contributed by atoms with Crippen LogP contribution in [0.1, 0.15) is 5.56 Å². The zero-order chi connectivity index (χ0) is 13.1. The number of nitrogens with two attached hydrogens (primary N) is 1. The molecule has 100 valence electrons. The third-order valence-corrected chi connectivity index (χ3v) is 3.51. The summed E-state index contributed by atoms with van der Waals surface area (Å²) in [6, 6.07) is 5.32. The molecule has 1 saturated heterocycles. The highest BCUT2D eigenvalue weighted by molar-refractivity contribution is 5.40. The lowest BCUT2D eigenvalue weighted by atomic mass is 10.1. The van der Waals surface area contributed by atoms with Crippen LogP contribution in [0.15, 0.2) is 18.2 Å². The Morgan fingerprint density at radius 2 is 2.06 bits per heavy atom. The molecule has 2 rings (SSSR count). The van der Waals surface area contributed by atoms with Crippen LogP contribution in [0.25, 0.3) is 0 Å². The summed E-state index contributed by atoms with van der Waals surface area (Å²) >= 11 is 0. The van der Waals surface area contributed by atoms with Gasteiger partial charge in [0.25, 0.3) is 0 Å². The van der Waals surface area contributed by atoms with Gasteiger partial charge in [-0.05, 0) is 24.7 Å². The highest BCUT2D eigenvalue weighted by Gasteiger charge is 2.24. The van der Waals surface area contributed by atoms with E-state index in [1.54, 1.807) is 6.07 Å². The summed E-state index contributed by atoms with van der Waals surface area (Å²) in [7, 11) is 2.10. The van der Waals surface area contributed by atoms with Gasteiger partial charge in [-0.3, -0.25) is 4.90 Å². The molecule has 0 radical (unpaired) electrons. The van der Waals surface area contributed by atoms with E-state index >= 15 is 0 Å². The molecule has 1 atom stereocenters. The largest absolute Gasteiger partial charge is 0.504 e. The molecule has 0 bridgehead atoms. The minimum absolute atomic E-state index is 0.0640. The second-order valence-electron chi connectivity index (χ2n) is 4.95. The third kappa shape index (κ3) is 2.93. The van der Waals surface area contributed by atoms with Crippen molar-refractivity contribution in [3.05, 3.63) is 23.8 Å². The predicted octanol–water partition coefficient (Wildman–Crippen LogP) is 0.172. The molecule has 5 heteroatoms. The van der Waals surface area contributed by atoms with E-state index in [0.29, 0.717) is 12.6 Å². The Balaban J connectivity index is 2.05. The number of benzene rings is 1. The molecule has 1 aromatic carbocycles. The van der Waals surface area contributed by atoms with Crippen LogP contribution in [0.2, 0.25) is 0 Å². The van der Waals surface area contributed by atoms with Gasteiger partial charge in [0.2, 0.25) is 0 Å². The molecule has 0 saturated carbocycles. The van der Waals surface area contributed by atoms with E-state index in [4.69, 9.17) is 5.73 Å². The first-order valence-corrected chi connectivity index (χ1v) is 6.23. The van der Waals surface area contributed by atoms with Crippen LogP contribution in [0.3, 0.4) is 0 Å². The molecule has 1 unspecified atom stereocenters. The molecule has 4 N–H and O–H groups in total. The minimum Gasteiger partial charge on any atom is -0.504 e. The lowest BCUT2D eigenvalue weighted by molar-refractivity contribution is 0.0880. The van der Waals surface area contributed by atoms with E-state index in [1.165, 1.54) is 6.07 Å². The van der Waals surface area contributed by atoms with Crippen LogP contribution in [0.5, 0.6) is 11.5 Å². The standard InChI is InChI=1S/C13H21N3O2/c1-15-4-5-16(11(7-14)9-15)8-10-2-3-12(17)13(18)6-10/h2-3,6,11,17-18H,4-5,7-9,14H2,1H3. The van der Waals surface area contributed by atoms with Crippen molar-refractivity contribution in [1.29, 1.82) is 0 Å². The van der Waals surface area contributed by atoms with Crippen molar-refractivity contribution >= 4 is 0 Å². The molecule has 0 aliphatic carbocycles. The van der Waals surface area contributed by atoms with Crippen LogP contribution in [0, 0.1) is 0 Å². The smallest absolute Gasteiger partial charge is 0.157 e. The Morgan fingerprint density at radius 1 is 1.28 bits per heavy atom. The summed E-state index contributed by atoms with van der Waals surface area (Å²) < 4.78 is 0. The molecule has 1 aromatic rings. The molecule has 5 nitrogen and oxygen atoms in total. The van der Waals surface area contributed by atoms with E-state index < -0.39 is 0 Å². The van der Waals surface area contributed by atoms with Gasteiger partial charge in [0.15, 0.2) is 11.5 Å². The molecule has 0 spiro atoms. The fourth-order valence-electron chi connectivity index (χ4n) is 2.38. The SMILES string of the molecule is CN1CCN(Cc2ccc(O)c(O)c2)C(CN)C1. The van der Waals surface area contributed by atoms with Gasteiger partial charge in [0.05, 0.1) is 0 Å². The molecular weight excluding hydrogens is 230 g/mol. The van der Waals surface area contributed by atoms with Crippen molar-refractivity contribution < 1.29 is 10.2 Å². The number of phenols is 2. The normalized spacial score (nSPS) is 22.2. The second-order valence-corrected chi connectivity index (χ2v) is 4.95. The van der Waals surface area contributed by atoms with E-state index in [1.807, 2.05) is 6.07 Å². The van der Waals surface area contributed by atoms with Gasteiger partial charge in [0, 0.05) is 38.8 Å². The Hall–Kier alpha value is -1.30. The van der Waals surface area contributed by atoms with E-state index in [0.717, 1.165) is 31.7 Å². The maximum atomic E-state index is 9.49. The number of hydrogen-bond acceptors (Lipinski definition) is 5. The fraction of sp³-hybridized carbons (Fsp3) is 0.538. The summed E-state index contributed by atoms with van der Waals surface area (Å²) in [4.78, 5) is 4.61. The van der Waals surface area contributed by atoms with Gasteiger partial charge in [-0.2, -0.15) is 0 Å². The third-order valence-electron chi connectivity index (χ3n) is 3.51. The van der Waals surface area contributed by atoms with Crippen molar-refractivity contribution in [3.63, 3.8) is 0 Å². The fourth-order valence-corrected chi connectivity index (χ4v) is 2.38. The zero-order valence-electron chi connectivity index (χ0n) is 10.7. The maximum Gasteiger partial charge on any atom is 0.157 e. The predicted molar refractivity (Wildman–Crippen MR) is 70.5 cm³/mol. The highest BCUT2D eigenvalue weighted by atomic mass is 16.3. The van der Waals surface area contributed by atoms with Crippen molar-refractivity contribution in [2.45, 2.75) is 12.6 Å². The van der Waals surface area contributed by atoms with Crippen LogP contribution in [0.4, 0.5) is 0 Å². The quantitative estimate of drug-likeness (QED) is 0.668. The number of likely N-dealkylation sites (N-methyl/N-ethyl adjacent to an activating group) is 1. The van der Waals surface area contributed by atoms with Gasteiger partial charge in [-0.15, -0.1) is 0 Å². The van der Waals surface area contributed by atoms with Crippen LogP contribution in [-0.2, 0) is 6.54 Å². The number of rotatable bonds is 3. The van der Waals surface area contributed by atoms with Crippen LogP contribution < -0.4 is 5.73 Å². The van der Waals surface area contributed by atoms with Gasteiger partial charge < -0.3 is 20.8 Å². The van der Waals surface area contributed by atoms with E-state index in [-0.39, 0.29) is 11.5 Å². The molecule has 18 heavy (non-hydrogen) atoms. The summed E-state index contributed by atoms with van der Waals surface area (Å²) in [6.07, 6.45) is 0. The Kier molecular flexibility index (Phi) is 4.06. The summed E-state index contributed by atoms with van der Waals surface area (Å²) in [5.74, 6) is -0.140.